The molecule has 5 aliphatic rings. The molecule has 5 fully saturated rings. The van der Waals surface area contributed by atoms with Crippen LogP contribution in [0.5, 0.6) is 0 Å². The van der Waals surface area contributed by atoms with Crippen LogP contribution in [-0.4, -0.2) is 314 Å². The van der Waals surface area contributed by atoms with E-state index in [-0.39, 0.29) is 19.1 Å². The summed E-state index contributed by atoms with van der Waals surface area (Å²) in [6.45, 7) is 2.53. The second-order valence-electron chi connectivity index (χ2n) is 28.5. The first-order chi connectivity index (χ1) is 49.8. The van der Waals surface area contributed by atoms with Crippen molar-refractivity contribution in [2.24, 2.45) is 0 Å². The van der Waals surface area contributed by atoms with E-state index < -0.39 is 199 Å². The number of aliphatic hydroxyl groups excluding tert-OH is 15. The van der Waals surface area contributed by atoms with E-state index in [4.69, 9.17) is 56.8 Å². The van der Waals surface area contributed by atoms with Crippen LogP contribution in [0, 0.1) is 0 Å². The van der Waals surface area contributed by atoms with Crippen molar-refractivity contribution in [2.75, 3.05) is 66.0 Å². The van der Waals surface area contributed by atoms with Crippen LogP contribution in [-0.2, 0) is 66.4 Å². The molecule has 0 saturated carbocycles. The lowest BCUT2D eigenvalue weighted by Crippen LogP contribution is -2.70. The van der Waals surface area contributed by atoms with Crippen LogP contribution in [0.1, 0.15) is 220 Å². The van der Waals surface area contributed by atoms with Crippen LogP contribution in [0.25, 0.3) is 0 Å². The third-order valence-electron chi connectivity index (χ3n) is 20.1. The molecule has 0 spiro atoms. The fraction of sp³-hybridized carbons (Fsp3) is 0.972. The predicted octanol–water partition coefficient (Wildman–Crippen LogP) is 0.894. The number of hydrogen-bond donors (Lipinski definition) is 17. The van der Waals surface area contributed by atoms with Crippen LogP contribution < -0.4 is 10.6 Å². The van der Waals surface area contributed by atoms with Gasteiger partial charge in [0.25, 0.3) is 5.91 Å². The van der Waals surface area contributed by atoms with E-state index >= 15 is 0 Å². The molecule has 26 atom stereocenters. The van der Waals surface area contributed by atoms with Crippen molar-refractivity contribution in [2.45, 2.75) is 379 Å². The molecule has 5 heterocycles. The number of unbranched alkanes of at least 4 members (excludes halogenated alkanes) is 28. The van der Waals surface area contributed by atoms with Crippen molar-refractivity contribution >= 4 is 11.8 Å². The maximum Gasteiger partial charge on any atom is 0.251 e. The van der Waals surface area contributed by atoms with Gasteiger partial charge < -0.3 is 144 Å². The zero-order chi connectivity index (χ0) is 75.1. The maximum atomic E-state index is 13.5. The second-order valence-corrected chi connectivity index (χ2v) is 28.5. The third-order valence-corrected chi connectivity index (χ3v) is 20.1. The minimum Gasteiger partial charge on any atom is -0.394 e. The van der Waals surface area contributed by atoms with Gasteiger partial charge in [0, 0.05) is 33.3 Å². The first-order valence-electron chi connectivity index (χ1n) is 38.9. The zero-order valence-corrected chi connectivity index (χ0v) is 61.4. The number of carbonyl (C=O) groups excluding carboxylic acids is 2. The quantitative estimate of drug-likeness (QED) is 0.0376. The molecule has 5 aliphatic heterocycles. The molecule has 31 heteroatoms. The third kappa shape index (κ3) is 30.6. The van der Waals surface area contributed by atoms with Crippen molar-refractivity contribution in [1.29, 1.82) is 0 Å². The Kier molecular flexibility index (Phi) is 46.3. The minimum atomic E-state index is -2.17. The zero-order valence-electron chi connectivity index (χ0n) is 61.4. The summed E-state index contributed by atoms with van der Waals surface area (Å²) in [5.41, 5.74) is 0. The molecule has 5 saturated heterocycles. The average Bonchev–Trinajstić information content (AvgIpc) is 0.779. The molecule has 0 aromatic heterocycles. The van der Waals surface area contributed by atoms with E-state index in [1.807, 2.05) is 0 Å². The van der Waals surface area contributed by atoms with Gasteiger partial charge in [0.1, 0.15) is 122 Å². The lowest BCUT2D eigenvalue weighted by Gasteiger charge is -2.50. The predicted molar refractivity (Wildman–Crippen MR) is 370 cm³/mol. The van der Waals surface area contributed by atoms with E-state index in [0.717, 1.165) is 39.0 Å². The van der Waals surface area contributed by atoms with Crippen LogP contribution >= 0.6 is 0 Å². The highest BCUT2D eigenvalue weighted by molar-refractivity contribution is 5.80. The number of hydrogen-bond acceptors (Lipinski definition) is 29. The lowest BCUT2D eigenvalue weighted by atomic mass is 9.94. The maximum absolute atomic E-state index is 13.5. The standard InChI is InChI=1S/C72H134N2O29/c1-4-6-8-10-12-14-16-18-20-22-24-26-28-32-36-92-44-51(93-37-33-29-27-25-23-21-19-17-15-13-11-9-7-5-2)67(91)73-35-31-30-34-38-94-69-60(88)57(85)63(49(42-78)98-69)100-71-61(89)58(86)64(50(43-79)99-71)101-72-62(90)66(55(83)48(41-77)97-72)103-68-52(74-45(3)80)65(54(82)47(40-76)95-68)102-70-59(87)56(84)53(81)46(39-75)96-70/h46-66,68-72,75-79,81-90H,4-44H2,1-3H3,(H,73,91)(H,74,80)/t46?,47?,48?,49?,50?,51-,52?,53+,54+,55+,56+,57-,58-,59?,60?,61?,62?,63-,64+,65-,66+,68+,69-,70+,71+,72-/m1/s1. The molecule has 0 aromatic carbocycles. The first kappa shape index (κ1) is 91.5. The van der Waals surface area contributed by atoms with E-state index in [1.54, 1.807) is 0 Å². The number of carbonyl (C=O) groups is 2. The SMILES string of the molecule is CCCCCCCCCCCCCCCCOC[C@@H](OCCCCCCCCCCCCCCCC)C(=O)NCCCCCO[C@@H]1OC(CO)[C@@H](O[C@@H]2OC(CO)[C@H](O[C@H]3OC(CO)[C@H](O)[C@H](O[C@@H]4OC(CO)[C@H](O)[C@H](O[C@@H]5OC(CO)[C@H](O)[C@H](O)C5O)C4NC(C)=O)C3O)[C@H](O)C2O)[C@H](O)C1O. The summed E-state index contributed by atoms with van der Waals surface area (Å²) in [7, 11) is 0. The molecule has 0 radical (unpaired) electrons. The Morgan fingerprint density at radius 1 is 0.350 bits per heavy atom. The van der Waals surface area contributed by atoms with E-state index in [2.05, 4.69) is 24.5 Å². The van der Waals surface area contributed by atoms with Gasteiger partial charge in [0.05, 0.1) is 39.6 Å². The van der Waals surface area contributed by atoms with Crippen LogP contribution in [0.15, 0.2) is 0 Å². The van der Waals surface area contributed by atoms with Crippen LogP contribution in [0.4, 0.5) is 0 Å². The number of aliphatic hydroxyl groups is 15. The van der Waals surface area contributed by atoms with E-state index in [1.165, 1.54) is 148 Å². The molecule has 0 aromatic rings. The Morgan fingerprint density at radius 2 is 0.699 bits per heavy atom. The highest BCUT2D eigenvalue weighted by Crippen LogP contribution is 2.37. The van der Waals surface area contributed by atoms with Crippen molar-refractivity contribution in [3.8, 4) is 0 Å². The minimum absolute atomic E-state index is 0.0365. The lowest BCUT2D eigenvalue weighted by molar-refractivity contribution is -0.389. The molecular weight excluding hydrogens is 1360 g/mol. The summed E-state index contributed by atoms with van der Waals surface area (Å²) in [4.78, 5) is 26.1. The van der Waals surface area contributed by atoms with Gasteiger partial charge >= 0.3 is 0 Å². The van der Waals surface area contributed by atoms with Gasteiger partial charge in [-0.15, -0.1) is 0 Å². The number of rotatable bonds is 55. The van der Waals surface area contributed by atoms with E-state index in [0.29, 0.717) is 39.0 Å². The molecule has 5 rings (SSSR count). The van der Waals surface area contributed by atoms with Gasteiger partial charge in [0.15, 0.2) is 37.6 Å². The van der Waals surface area contributed by atoms with Crippen molar-refractivity contribution in [3.63, 3.8) is 0 Å². The number of ether oxygens (including phenoxy) is 12. The Hall–Kier alpha value is -2.14. The van der Waals surface area contributed by atoms with Gasteiger partial charge in [0.2, 0.25) is 5.91 Å². The smallest absolute Gasteiger partial charge is 0.251 e. The summed E-state index contributed by atoms with van der Waals surface area (Å²) in [5.74, 6) is -1.05. The molecule has 31 nitrogen and oxygen atoms in total. The Balaban J connectivity index is 1.07. The normalized spacial score (nSPS) is 34.6. The summed E-state index contributed by atoms with van der Waals surface area (Å²) in [6.07, 6.45) is -8.12. The molecule has 2 amide bonds. The molecular formula is C72H134N2O29. The average molecular weight is 1490 g/mol. The Morgan fingerprint density at radius 3 is 1.17 bits per heavy atom. The first-order valence-corrected chi connectivity index (χ1v) is 38.9. The molecule has 606 valence electrons. The van der Waals surface area contributed by atoms with Gasteiger partial charge in [-0.3, -0.25) is 9.59 Å². The topological polar surface area (TPSA) is 472 Å². The summed E-state index contributed by atoms with van der Waals surface area (Å²) in [5, 5.41) is 168. The number of nitrogens with one attached hydrogen (secondary N) is 2. The molecule has 0 bridgehead atoms. The summed E-state index contributed by atoms with van der Waals surface area (Å²) >= 11 is 0. The highest BCUT2D eigenvalue weighted by Gasteiger charge is 2.57. The van der Waals surface area contributed by atoms with Crippen molar-refractivity contribution in [3.05, 3.63) is 0 Å². The van der Waals surface area contributed by atoms with E-state index in [9.17, 15) is 86.2 Å². The van der Waals surface area contributed by atoms with Gasteiger partial charge in [-0.1, -0.05) is 181 Å². The monoisotopic (exact) mass is 1490 g/mol. The van der Waals surface area contributed by atoms with Crippen LogP contribution in [0.2, 0.25) is 0 Å². The fourth-order valence-corrected chi connectivity index (χ4v) is 13.8. The molecule has 103 heavy (non-hydrogen) atoms. The van der Waals surface area contributed by atoms with Crippen LogP contribution in [0.3, 0.4) is 0 Å². The highest BCUT2D eigenvalue weighted by atomic mass is 16.8. The molecule has 10 unspecified atom stereocenters. The number of amides is 2. The van der Waals surface area contributed by atoms with Gasteiger partial charge in [-0.25, -0.2) is 0 Å². The van der Waals surface area contributed by atoms with Crippen molar-refractivity contribution < 1.29 is 143 Å². The summed E-state index contributed by atoms with van der Waals surface area (Å²) in [6, 6.07) is -1.69. The Labute approximate surface area is 608 Å². The largest absolute Gasteiger partial charge is 0.394 e. The molecule has 0 aliphatic carbocycles. The summed E-state index contributed by atoms with van der Waals surface area (Å²) < 4.78 is 70.2. The second kappa shape index (κ2) is 52.1. The van der Waals surface area contributed by atoms with Gasteiger partial charge in [-0.05, 0) is 32.1 Å². The fourth-order valence-electron chi connectivity index (χ4n) is 13.8. The molecule has 17 N–H and O–H groups in total. The Bertz CT molecular complexity index is 2170. The van der Waals surface area contributed by atoms with Gasteiger partial charge in [-0.2, -0.15) is 0 Å². The van der Waals surface area contributed by atoms with Crippen molar-refractivity contribution in [1.82, 2.24) is 10.6 Å².